The molecule has 0 N–H and O–H groups in total. The summed E-state index contributed by atoms with van der Waals surface area (Å²) >= 11 is 0. The number of hydrogen-bond donors (Lipinski definition) is 0. The number of aromatic nitrogens is 3. The Kier molecular flexibility index (Phi) is 4.44. The lowest BCUT2D eigenvalue weighted by Crippen LogP contribution is -2.17. The molecule has 1 aliphatic carbocycles. The standard InChI is InChI=1S/C30H23N3/c1-30(2)24-19-31-25(20-12-6-3-7-13-20)18-23(24)28-26(30)27(21-14-8-4-9-15-21)32-29(33-28)22-16-10-5-11-17-22/h3-19H,1-2H3. The molecule has 0 unspecified atom stereocenters. The van der Waals surface area contributed by atoms with Crippen molar-refractivity contribution in [2.45, 2.75) is 19.3 Å². The molecule has 158 valence electrons. The summed E-state index contributed by atoms with van der Waals surface area (Å²) in [5.41, 5.74) is 9.40. The van der Waals surface area contributed by atoms with Crippen molar-refractivity contribution < 1.29 is 0 Å². The van der Waals surface area contributed by atoms with Gasteiger partial charge in [-0.15, -0.1) is 0 Å². The van der Waals surface area contributed by atoms with Gasteiger partial charge >= 0.3 is 0 Å². The fourth-order valence-electron chi connectivity index (χ4n) is 4.82. The molecule has 0 saturated carbocycles. The van der Waals surface area contributed by atoms with Gasteiger partial charge in [0.15, 0.2) is 5.82 Å². The van der Waals surface area contributed by atoms with Crippen LogP contribution in [-0.2, 0) is 5.41 Å². The van der Waals surface area contributed by atoms with Gasteiger partial charge in [-0.3, -0.25) is 4.98 Å². The molecule has 0 saturated heterocycles. The van der Waals surface area contributed by atoms with Crippen LogP contribution in [0.5, 0.6) is 0 Å². The van der Waals surface area contributed by atoms with Gasteiger partial charge in [-0.25, -0.2) is 9.97 Å². The van der Waals surface area contributed by atoms with Crippen LogP contribution < -0.4 is 0 Å². The first-order valence-corrected chi connectivity index (χ1v) is 11.2. The summed E-state index contributed by atoms with van der Waals surface area (Å²) in [4.78, 5) is 15.1. The molecule has 3 nitrogen and oxygen atoms in total. The van der Waals surface area contributed by atoms with Gasteiger partial charge in [0.25, 0.3) is 0 Å². The Bertz CT molecular complexity index is 1460. The molecule has 3 aromatic carbocycles. The number of benzene rings is 3. The lowest BCUT2D eigenvalue weighted by Gasteiger charge is -2.23. The van der Waals surface area contributed by atoms with Crippen molar-refractivity contribution in [2.75, 3.05) is 0 Å². The van der Waals surface area contributed by atoms with Gasteiger partial charge < -0.3 is 0 Å². The first-order valence-electron chi connectivity index (χ1n) is 11.2. The van der Waals surface area contributed by atoms with Crippen molar-refractivity contribution in [3.8, 4) is 45.2 Å². The van der Waals surface area contributed by atoms with E-state index < -0.39 is 0 Å². The number of nitrogens with zero attached hydrogens (tertiary/aromatic N) is 3. The summed E-state index contributed by atoms with van der Waals surface area (Å²) in [6.07, 6.45) is 2.02. The second kappa shape index (κ2) is 7.49. The molecule has 0 bridgehead atoms. The maximum absolute atomic E-state index is 5.14. The van der Waals surface area contributed by atoms with Crippen molar-refractivity contribution in [2.24, 2.45) is 0 Å². The van der Waals surface area contributed by atoms with Gasteiger partial charge in [-0.2, -0.15) is 0 Å². The van der Waals surface area contributed by atoms with Crippen molar-refractivity contribution in [1.82, 2.24) is 15.0 Å². The van der Waals surface area contributed by atoms with Crippen LogP contribution in [0.25, 0.3) is 45.2 Å². The van der Waals surface area contributed by atoms with Crippen molar-refractivity contribution in [1.29, 1.82) is 0 Å². The number of rotatable bonds is 3. The Hall–Kier alpha value is -4.11. The average molecular weight is 426 g/mol. The highest BCUT2D eigenvalue weighted by atomic mass is 14.9. The van der Waals surface area contributed by atoms with E-state index in [1.54, 1.807) is 0 Å². The molecule has 33 heavy (non-hydrogen) atoms. The molecule has 0 spiro atoms. The first kappa shape index (κ1) is 19.6. The molecule has 0 atom stereocenters. The molecule has 0 fully saturated rings. The minimum absolute atomic E-state index is 0.257. The lowest BCUT2D eigenvalue weighted by atomic mass is 9.81. The highest BCUT2D eigenvalue weighted by Gasteiger charge is 2.40. The van der Waals surface area contributed by atoms with E-state index in [1.165, 1.54) is 5.56 Å². The van der Waals surface area contributed by atoms with Crippen LogP contribution in [0, 0.1) is 0 Å². The second-order valence-electron chi connectivity index (χ2n) is 8.96. The van der Waals surface area contributed by atoms with E-state index in [0.29, 0.717) is 0 Å². The predicted molar refractivity (Wildman–Crippen MR) is 134 cm³/mol. The van der Waals surface area contributed by atoms with Crippen LogP contribution in [0.4, 0.5) is 0 Å². The van der Waals surface area contributed by atoms with Crippen LogP contribution in [0.1, 0.15) is 25.0 Å². The van der Waals surface area contributed by atoms with E-state index in [0.717, 1.165) is 50.7 Å². The normalized spacial score (nSPS) is 13.4. The Morgan fingerprint density at radius 3 is 1.79 bits per heavy atom. The summed E-state index contributed by atoms with van der Waals surface area (Å²) in [6, 6.07) is 33.2. The van der Waals surface area contributed by atoms with Crippen LogP contribution >= 0.6 is 0 Å². The van der Waals surface area contributed by atoms with Crippen LogP contribution in [0.2, 0.25) is 0 Å². The third-order valence-corrected chi connectivity index (χ3v) is 6.52. The van der Waals surface area contributed by atoms with Crippen LogP contribution in [0.15, 0.2) is 103 Å². The van der Waals surface area contributed by atoms with Crippen molar-refractivity contribution >= 4 is 0 Å². The van der Waals surface area contributed by atoms with Gasteiger partial charge in [-0.05, 0) is 11.6 Å². The zero-order valence-corrected chi connectivity index (χ0v) is 18.7. The third kappa shape index (κ3) is 3.16. The Morgan fingerprint density at radius 1 is 0.606 bits per heavy atom. The molecule has 0 amide bonds. The predicted octanol–water partition coefficient (Wildman–Crippen LogP) is 7.18. The topological polar surface area (TPSA) is 38.7 Å². The molecule has 6 rings (SSSR count). The summed E-state index contributed by atoms with van der Waals surface area (Å²) in [5.74, 6) is 0.745. The van der Waals surface area contributed by atoms with E-state index in [9.17, 15) is 0 Å². The minimum Gasteiger partial charge on any atom is -0.256 e. The highest BCUT2D eigenvalue weighted by Crippen LogP contribution is 2.51. The zero-order chi connectivity index (χ0) is 22.4. The monoisotopic (exact) mass is 425 g/mol. The summed E-state index contributed by atoms with van der Waals surface area (Å²) in [5, 5.41) is 0. The fourth-order valence-corrected chi connectivity index (χ4v) is 4.82. The Morgan fingerprint density at radius 2 is 1.15 bits per heavy atom. The van der Waals surface area contributed by atoms with E-state index in [4.69, 9.17) is 15.0 Å². The highest BCUT2D eigenvalue weighted by molar-refractivity contribution is 5.87. The summed E-state index contributed by atoms with van der Waals surface area (Å²) in [7, 11) is 0. The lowest BCUT2D eigenvalue weighted by molar-refractivity contribution is 0.655. The second-order valence-corrected chi connectivity index (χ2v) is 8.96. The SMILES string of the molecule is CC1(C)c2cnc(-c3ccccc3)cc2-c2nc(-c3ccccc3)nc(-c3ccccc3)c21. The summed E-state index contributed by atoms with van der Waals surface area (Å²) < 4.78 is 0. The third-order valence-electron chi connectivity index (χ3n) is 6.52. The average Bonchev–Trinajstić information content (AvgIpc) is 3.11. The number of pyridine rings is 1. The number of fused-ring (bicyclic) bond motifs is 3. The quantitative estimate of drug-likeness (QED) is 0.307. The van der Waals surface area contributed by atoms with E-state index in [2.05, 4.69) is 68.4 Å². The van der Waals surface area contributed by atoms with E-state index in [-0.39, 0.29) is 5.41 Å². The van der Waals surface area contributed by atoms with E-state index in [1.807, 2.05) is 48.7 Å². The molecule has 2 heterocycles. The van der Waals surface area contributed by atoms with E-state index >= 15 is 0 Å². The van der Waals surface area contributed by atoms with Crippen LogP contribution in [0.3, 0.4) is 0 Å². The fraction of sp³-hybridized carbons (Fsp3) is 0.100. The smallest absolute Gasteiger partial charge is 0.160 e. The van der Waals surface area contributed by atoms with Gasteiger partial charge in [0, 0.05) is 39.4 Å². The largest absolute Gasteiger partial charge is 0.256 e. The molecule has 1 aliphatic rings. The van der Waals surface area contributed by atoms with Gasteiger partial charge in [0.05, 0.1) is 17.1 Å². The Balaban J connectivity index is 1.65. The van der Waals surface area contributed by atoms with Crippen molar-refractivity contribution in [3.05, 3.63) is 114 Å². The van der Waals surface area contributed by atoms with Crippen LogP contribution in [-0.4, -0.2) is 15.0 Å². The maximum atomic E-state index is 5.14. The molecule has 0 radical (unpaired) electrons. The Labute approximate surface area is 193 Å². The maximum Gasteiger partial charge on any atom is 0.160 e. The molecule has 3 heteroatoms. The molecular formula is C30H23N3. The molecule has 2 aromatic heterocycles. The van der Waals surface area contributed by atoms with Gasteiger partial charge in [0.2, 0.25) is 0 Å². The van der Waals surface area contributed by atoms with Crippen molar-refractivity contribution in [3.63, 3.8) is 0 Å². The number of hydrogen-bond acceptors (Lipinski definition) is 3. The summed E-state index contributed by atoms with van der Waals surface area (Å²) in [6.45, 7) is 4.50. The van der Waals surface area contributed by atoms with Gasteiger partial charge in [0.1, 0.15) is 0 Å². The molecule has 0 aliphatic heterocycles. The zero-order valence-electron chi connectivity index (χ0n) is 18.7. The minimum atomic E-state index is -0.257. The first-order chi connectivity index (χ1) is 16.1. The molecule has 5 aromatic rings. The molecular weight excluding hydrogens is 402 g/mol. The van der Waals surface area contributed by atoms with Gasteiger partial charge in [-0.1, -0.05) is 105 Å².